The molecule has 1 aromatic rings. The van der Waals surface area contributed by atoms with Crippen molar-refractivity contribution in [1.82, 2.24) is 14.4 Å². The normalized spacial score (nSPS) is 11.6. The second-order valence-corrected chi connectivity index (χ2v) is 5.72. The molecule has 0 aliphatic carbocycles. The van der Waals surface area contributed by atoms with Crippen molar-refractivity contribution in [3.8, 4) is 5.75 Å². The van der Waals surface area contributed by atoms with Crippen LogP contribution in [0.4, 0.5) is 0 Å². The van der Waals surface area contributed by atoms with Gasteiger partial charge in [0, 0.05) is 24.8 Å². The van der Waals surface area contributed by atoms with Gasteiger partial charge in [-0.1, -0.05) is 13.8 Å². The summed E-state index contributed by atoms with van der Waals surface area (Å²) >= 11 is 0. The first kappa shape index (κ1) is 18.7. The fourth-order valence-corrected chi connectivity index (χ4v) is 2.51. The number of rotatable bonds is 9. The lowest BCUT2D eigenvalue weighted by Crippen LogP contribution is -2.28. The van der Waals surface area contributed by atoms with Crippen LogP contribution in [0.5, 0.6) is 5.75 Å². The summed E-state index contributed by atoms with van der Waals surface area (Å²) in [6, 6.07) is 1.33. The van der Waals surface area contributed by atoms with Crippen molar-refractivity contribution in [3.63, 3.8) is 0 Å². The number of hydrogen-bond acceptors (Lipinski definition) is 5. The summed E-state index contributed by atoms with van der Waals surface area (Å²) in [5.41, 5.74) is 0.734. The van der Waals surface area contributed by atoms with Gasteiger partial charge in [0.15, 0.2) is 5.75 Å². The van der Waals surface area contributed by atoms with Gasteiger partial charge in [-0.25, -0.2) is 0 Å². The Morgan fingerprint density at radius 1 is 1.23 bits per heavy atom. The van der Waals surface area contributed by atoms with Gasteiger partial charge in [-0.05, 0) is 40.2 Å². The van der Waals surface area contributed by atoms with Gasteiger partial charge in [-0.15, -0.1) is 0 Å². The highest BCUT2D eigenvalue weighted by atomic mass is 16.3. The fourth-order valence-electron chi connectivity index (χ4n) is 2.51. The Balaban J connectivity index is 3.17. The van der Waals surface area contributed by atoms with Crippen LogP contribution in [0.25, 0.3) is 0 Å². The maximum Gasteiger partial charge on any atom is 0.223 e. The van der Waals surface area contributed by atoms with Gasteiger partial charge in [0.05, 0.1) is 12.3 Å². The molecule has 2 N–H and O–H groups in total. The van der Waals surface area contributed by atoms with Crippen molar-refractivity contribution in [2.45, 2.75) is 40.0 Å². The van der Waals surface area contributed by atoms with E-state index >= 15 is 0 Å². The third-order valence-electron chi connectivity index (χ3n) is 3.89. The Morgan fingerprint density at radius 3 is 2.36 bits per heavy atom. The minimum Gasteiger partial charge on any atom is -0.503 e. The Labute approximate surface area is 132 Å². The van der Waals surface area contributed by atoms with E-state index in [4.69, 9.17) is 0 Å². The van der Waals surface area contributed by atoms with E-state index in [0.717, 1.165) is 26.1 Å². The molecule has 0 aromatic carbocycles. The van der Waals surface area contributed by atoms with Crippen LogP contribution >= 0.6 is 0 Å². The maximum atomic E-state index is 11.9. The van der Waals surface area contributed by atoms with Gasteiger partial charge in [0.25, 0.3) is 0 Å². The Kier molecular flexibility index (Phi) is 7.58. The quantitative estimate of drug-likeness (QED) is 0.707. The Morgan fingerprint density at radius 2 is 1.86 bits per heavy atom. The Bertz CT molecular complexity index is 522. The van der Waals surface area contributed by atoms with Crippen LogP contribution in [0.2, 0.25) is 0 Å². The van der Waals surface area contributed by atoms with Crippen molar-refractivity contribution in [3.05, 3.63) is 27.7 Å². The van der Waals surface area contributed by atoms with E-state index in [1.165, 1.54) is 6.07 Å². The number of aliphatic hydroxyl groups is 1. The van der Waals surface area contributed by atoms with Crippen LogP contribution in [0.3, 0.4) is 0 Å². The second kappa shape index (κ2) is 8.92. The zero-order valence-corrected chi connectivity index (χ0v) is 14.2. The van der Waals surface area contributed by atoms with Crippen LogP contribution in [-0.2, 0) is 19.7 Å². The van der Waals surface area contributed by atoms with Crippen LogP contribution < -0.4 is 5.43 Å². The molecule has 0 unspecified atom stereocenters. The predicted octanol–water partition coefficient (Wildman–Crippen LogP) is 0.840. The summed E-state index contributed by atoms with van der Waals surface area (Å²) in [5.74, 6) is -0.200. The molecule has 0 spiro atoms. The molecule has 1 rings (SSSR count). The average molecular weight is 311 g/mol. The first-order chi connectivity index (χ1) is 10.4. The first-order valence-electron chi connectivity index (χ1n) is 7.87. The van der Waals surface area contributed by atoms with E-state index < -0.39 is 5.43 Å². The zero-order valence-electron chi connectivity index (χ0n) is 14.2. The number of aromatic nitrogens is 1. The smallest absolute Gasteiger partial charge is 0.223 e. The lowest BCUT2D eigenvalue weighted by atomic mass is 10.2. The molecular formula is C16H29N3O3. The molecule has 1 aromatic heterocycles. The van der Waals surface area contributed by atoms with Gasteiger partial charge < -0.3 is 19.7 Å². The number of hydrogen-bond donors (Lipinski definition) is 2. The summed E-state index contributed by atoms with van der Waals surface area (Å²) in [6.07, 6.45) is 0.883. The number of aromatic hydroxyl groups is 1. The molecular weight excluding hydrogens is 282 g/mol. The Hall–Kier alpha value is -1.37. The molecule has 0 fully saturated rings. The maximum absolute atomic E-state index is 11.9. The molecule has 0 radical (unpaired) electrons. The lowest BCUT2D eigenvalue weighted by Gasteiger charge is -2.24. The van der Waals surface area contributed by atoms with Gasteiger partial charge >= 0.3 is 0 Å². The van der Waals surface area contributed by atoms with Crippen LogP contribution in [0.1, 0.15) is 31.7 Å². The molecule has 126 valence electrons. The number of aliphatic hydroxyl groups excluding tert-OH is 1. The minimum atomic E-state index is -0.421. The molecule has 6 nitrogen and oxygen atoms in total. The summed E-state index contributed by atoms with van der Waals surface area (Å²) in [6.45, 7) is 7.64. The molecule has 0 atom stereocenters. The standard InChI is InChI=1S/C16H29N3O3/c1-5-18(6-2)11-14-16(22)15(21)10-13(12-20)19(14)9-7-8-17(3)4/h10,20,22H,5-9,11-12H2,1-4H3. The molecule has 0 amide bonds. The third kappa shape index (κ3) is 4.83. The third-order valence-corrected chi connectivity index (χ3v) is 3.89. The molecule has 22 heavy (non-hydrogen) atoms. The van der Waals surface area contributed by atoms with E-state index in [0.29, 0.717) is 24.5 Å². The van der Waals surface area contributed by atoms with E-state index in [1.807, 2.05) is 32.5 Å². The highest BCUT2D eigenvalue weighted by Crippen LogP contribution is 2.18. The highest BCUT2D eigenvalue weighted by Gasteiger charge is 2.16. The van der Waals surface area contributed by atoms with E-state index in [-0.39, 0.29) is 12.4 Å². The van der Waals surface area contributed by atoms with Crippen molar-refractivity contribution in [2.75, 3.05) is 33.7 Å². The van der Waals surface area contributed by atoms with E-state index in [2.05, 4.69) is 9.80 Å². The minimum absolute atomic E-state index is 0.200. The van der Waals surface area contributed by atoms with Crippen molar-refractivity contribution in [1.29, 1.82) is 0 Å². The van der Waals surface area contributed by atoms with Gasteiger partial charge in [-0.2, -0.15) is 0 Å². The number of pyridine rings is 1. The highest BCUT2D eigenvalue weighted by molar-refractivity contribution is 5.30. The molecule has 6 heteroatoms. The monoisotopic (exact) mass is 311 g/mol. The molecule has 0 saturated heterocycles. The van der Waals surface area contributed by atoms with Crippen LogP contribution in [0, 0.1) is 0 Å². The molecule has 0 aliphatic rings. The molecule has 0 aliphatic heterocycles. The predicted molar refractivity (Wildman–Crippen MR) is 88.1 cm³/mol. The fraction of sp³-hybridized carbons (Fsp3) is 0.688. The topological polar surface area (TPSA) is 68.9 Å². The number of nitrogens with zero attached hydrogens (tertiary/aromatic N) is 3. The average Bonchev–Trinajstić information content (AvgIpc) is 2.49. The first-order valence-corrected chi connectivity index (χ1v) is 7.87. The SMILES string of the molecule is CCN(CC)Cc1c(O)c(=O)cc(CO)n1CCCN(C)C. The summed E-state index contributed by atoms with van der Waals surface area (Å²) in [5, 5.41) is 19.7. The van der Waals surface area contributed by atoms with Crippen molar-refractivity contribution in [2.24, 2.45) is 0 Å². The largest absolute Gasteiger partial charge is 0.503 e. The molecule has 1 heterocycles. The van der Waals surface area contributed by atoms with E-state index in [1.54, 1.807) is 0 Å². The summed E-state index contributed by atoms with van der Waals surface area (Å²) in [7, 11) is 4.01. The van der Waals surface area contributed by atoms with Crippen molar-refractivity contribution < 1.29 is 10.2 Å². The van der Waals surface area contributed by atoms with Gasteiger partial charge in [0.1, 0.15) is 0 Å². The summed E-state index contributed by atoms with van der Waals surface area (Å²) < 4.78 is 1.89. The zero-order chi connectivity index (χ0) is 16.7. The van der Waals surface area contributed by atoms with Crippen molar-refractivity contribution >= 4 is 0 Å². The molecule has 0 bridgehead atoms. The summed E-state index contributed by atoms with van der Waals surface area (Å²) in [4.78, 5) is 16.1. The van der Waals surface area contributed by atoms with Gasteiger partial charge in [-0.3, -0.25) is 9.69 Å². The van der Waals surface area contributed by atoms with Crippen LogP contribution in [-0.4, -0.2) is 58.3 Å². The van der Waals surface area contributed by atoms with Crippen LogP contribution in [0.15, 0.2) is 10.9 Å². The van der Waals surface area contributed by atoms with Gasteiger partial charge in [0.2, 0.25) is 5.43 Å². The van der Waals surface area contributed by atoms with E-state index in [9.17, 15) is 15.0 Å². The molecule has 0 saturated carbocycles. The lowest BCUT2D eigenvalue weighted by molar-refractivity contribution is 0.253. The second-order valence-electron chi connectivity index (χ2n) is 5.72.